The molecule has 0 amide bonds. The Bertz CT molecular complexity index is 1130. The molecule has 4 aromatic rings. The van der Waals surface area contributed by atoms with E-state index in [1.54, 1.807) is 16.9 Å². The van der Waals surface area contributed by atoms with Crippen LogP contribution in [-0.4, -0.2) is 41.5 Å². The van der Waals surface area contributed by atoms with Crippen molar-refractivity contribution in [3.63, 3.8) is 0 Å². The number of nitrogens with zero attached hydrogens (tertiary/aromatic N) is 5. The Hall–Kier alpha value is -2.81. The summed E-state index contributed by atoms with van der Waals surface area (Å²) in [6, 6.07) is 3.36. The quantitative estimate of drug-likeness (QED) is 0.572. The average molecular weight is 376 g/mol. The maximum Gasteiger partial charge on any atom is 0.252 e. The van der Waals surface area contributed by atoms with Crippen LogP contribution in [0.4, 0.5) is 14.7 Å². The first-order chi connectivity index (χ1) is 12.5. The van der Waals surface area contributed by atoms with Crippen molar-refractivity contribution in [2.75, 3.05) is 5.32 Å². The maximum atomic E-state index is 12.9. The van der Waals surface area contributed by atoms with E-state index in [-0.39, 0.29) is 18.9 Å². The molecule has 0 aliphatic heterocycles. The number of hydrogen-bond acceptors (Lipinski definition) is 5. The van der Waals surface area contributed by atoms with Crippen molar-refractivity contribution in [1.29, 1.82) is 0 Å². The van der Waals surface area contributed by atoms with Gasteiger partial charge in [0.15, 0.2) is 10.8 Å². The van der Waals surface area contributed by atoms with Gasteiger partial charge >= 0.3 is 0 Å². The van der Waals surface area contributed by atoms with Crippen LogP contribution >= 0.6 is 11.6 Å². The molecule has 7 nitrogen and oxygen atoms in total. The van der Waals surface area contributed by atoms with Gasteiger partial charge < -0.3 is 10.3 Å². The monoisotopic (exact) mass is 375 g/mol. The Balaban J connectivity index is 1.48. The summed E-state index contributed by atoms with van der Waals surface area (Å²) in [4.78, 5) is 15.8. The van der Waals surface area contributed by atoms with E-state index < -0.39 is 5.92 Å². The number of aromatic amines is 1. The fourth-order valence-electron chi connectivity index (χ4n) is 3.12. The van der Waals surface area contributed by atoms with Gasteiger partial charge in [-0.25, -0.2) is 23.3 Å². The summed E-state index contributed by atoms with van der Waals surface area (Å²) in [5.74, 6) is -2.26. The van der Waals surface area contributed by atoms with Crippen LogP contribution < -0.4 is 5.32 Å². The second-order valence-electron chi connectivity index (χ2n) is 6.33. The zero-order valence-corrected chi connectivity index (χ0v) is 14.0. The van der Waals surface area contributed by atoms with Crippen LogP contribution in [0.2, 0.25) is 5.15 Å². The molecule has 5 rings (SSSR count). The Labute approximate surface area is 150 Å². The van der Waals surface area contributed by atoms with Gasteiger partial charge in [0.2, 0.25) is 5.95 Å². The third kappa shape index (κ3) is 2.47. The summed E-state index contributed by atoms with van der Waals surface area (Å²) in [7, 11) is 0. The highest BCUT2D eigenvalue weighted by atomic mass is 35.5. The predicted octanol–water partition coefficient (Wildman–Crippen LogP) is 3.53. The number of anilines is 1. The van der Waals surface area contributed by atoms with Gasteiger partial charge in [0.05, 0.1) is 11.9 Å². The molecule has 1 fully saturated rings. The summed E-state index contributed by atoms with van der Waals surface area (Å²) in [5.41, 5.74) is 2.75. The van der Waals surface area contributed by atoms with Gasteiger partial charge in [-0.05, 0) is 12.1 Å². The molecule has 2 N–H and O–H groups in total. The van der Waals surface area contributed by atoms with Crippen LogP contribution in [0.3, 0.4) is 0 Å². The molecule has 0 aromatic carbocycles. The first-order valence-electron chi connectivity index (χ1n) is 7.98. The van der Waals surface area contributed by atoms with E-state index in [2.05, 4.69) is 30.4 Å². The van der Waals surface area contributed by atoms with E-state index in [1.807, 2.05) is 12.1 Å². The summed E-state index contributed by atoms with van der Waals surface area (Å²) < 4.78 is 27.4. The van der Waals surface area contributed by atoms with Crippen LogP contribution in [0, 0.1) is 0 Å². The number of fused-ring (bicyclic) bond motifs is 2. The van der Waals surface area contributed by atoms with E-state index in [1.165, 1.54) is 6.20 Å². The third-order valence-electron chi connectivity index (χ3n) is 4.45. The molecule has 0 unspecified atom stereocenters. The van der Waals surface area contributed by atoms with Crippen molar-refractivity contribution >= 4 is 34.2 Å². The smallest absolute Gasteiger partial charge is 0.252 e. The SMILES string of the molecule is FC1(F)CC(Nc2ncc3c(-c4ccc5ncc(Cl)n5n4)c[nH]c3n2)C1. The van der Waals surface area contributed by atoms with Gasteiger partial charge in [-0.3, -0.25) is 0 Å². The van der Waals surface area contributed by atoms with Gasteiger partial charge in [-0.1, -0.05) is 11.6 Å². The number of H-pyrrole nitrogens is 1. The Morgan fingerprint density at radius 1 is 1.23 bits per heavy atom. The first-order valence-corrected chi connectivity index (χ1v) is 8.35. The van der Waals surface area contributed by atoms with Crippen LogP contribution in [0.15, 0.2) is 30.7 Å². The van der Waals surface area contributed by atoms with Crippen LogP contribution in [0.1, 0.15) is 12.8 Å². The molecular formula is C16H12ClF2N7. The number of rotatable bonds is 3. The highest BCUT2D eigenvalue weighted by Gasteiger charge is 2.45. The lowest BCUT2D eigenvalue weighted by Gasteiger charge is -2.35. The zero-order valence-electron chi connectivity index (χ0n) is 13.2. The lowest BCUT2D eigenvalue weighted by Crippen LogP contribution is -2.44. The maximum absolute atomic E-state index is 12.9. The van der Waals surface area contributed by atoms with Crippen molar-refractivity contribution in [3.8, 4) is 11.3 Å². The number of imidazole rings is 1. The van der Waals surface area contributed by atoms with E-state index >= 15 is 0 Å². The first kappa shape index (κ1) is 15.4. The molecule has 0 saturated heterocycles. The normalized spacial score (nSPS) is 16.9. The summed E-state index contributed by atoms with van der Waals surface area (Å²) in [6.45, 7) is 0. The van der Waals surface area contributed by atoms with E-state index in [4.69, 9.17) is 11.6 Å². The second-order valence-corrected chi connectivity index (χ2v) is 6.72. The van der Waals surface area contributed by atoms with Crippen molar-refractivity contribution in [1.82, 2.24) is 29.5 Å². The van der Waals surface area contributed by atoms with Gasteiger partial charge in [-0.15, -0.1) is 0 Å². The number of nitrogens with one attached hydrogen (secondary N) is 2. The molecule has 1 saturated carbocycles. The van der Waals surface area contributed by atoms with Crippen molar-refractivity contribution in [2.45, 2.75) is 24.8 Å². The third-order valence-corrected chi connectivity index (χ3v) is 4.71. The number of aromatic nitrogens is 6. The molecule has 26 heavy (non-hydrogen) atoms. The van der Waals surface area contributed by atoms with Gasteiger partial charge in [-0.2, -0.15) is 10.1 Å². The van der Waals surface area contributed by atoms with Gasteiger partial charge in [0, 0.05) is 42.2 Å². The summed E-state index contributed by atoms with van der Waals surface area (Å²) in [5, 5.41) is 8.61. The number of hydrogen-bond donors (Lipinski definition) is 2. The predicted molar refractivity (Wildman–Crippen MR) is 92.5 cm³/mol. The lowest BCUT2D eigenvalue weighted by molar-refractivity contribution is -0.0794. The molecule has 132 valence electrons. The minimum absolute atomic E-state index is 0.194. The average Bonchev–Trinajstić information content (AvgIpc) is 3.16. The number of halogens is 3. The van der Waals surface area contributed by atoms with Gasteiger partial charge in [0.25, 0.3) is 5.92 Å². The molecule has 1 aliphatic rings. The molecule has 0 spiro atoms. The van der Waals surface area contributed by atoms with Crippen LogP contribution in [0.25, 0.3) is 27.9 Å². The highest BCUT2D eigenvalue weighted by Crippen LogP contribution is 2.38. The Morgan fingerprint density at radius 2 is 2.08 bits per heavy atom. The summed E-state index contributed by atoms with van der Waals surface area (Å²) in [6.07, 6.45) is 4.57. The number of alkyl halides is 2. The fourth-order valence-corrected chi connectivity index (χ4v) is 3.30. The van der Waals surface area contributed by atoms with E-state index in [9.17, 15) is 8.78 Å². The second kappa shape index (κ2) is 5.34. The molecule has 4 heterocycles. The molecule has 4 aromatic heterocycles. The largest absolute Gasteiger partial charge is 0.351 e. The van der Waals surface area contributed by atoms with Crippen molar-refractivity contribution in [2.24, 2.45) is 0 Å². The molecule has 0 radical (unpaired) electrons. The van der Waals surface area contributed by atoms with Crippen molar-refractivity contribution < 1.29 is 8.78 Å². The summed E-state index contributed by atoms with van der Waals surface area (Å²) >= 11 is 6.08. The lowest BCUT2D eigenvalue weighted by atomic mass is 9.88. The molecule has 1 aliphatic carbocycles. The highest BCUT2D eigenvalue weighted by molar-refractivity contribution is 6.29. The van der Waals surface area contributed by atoms with E-state index in [0.29, 0.717) is 28.1 Å². The molecule has 10 heteroatoms. The van der Waals surface area contributed by atoms with Crippen LogP contribution in [0.5, 0.6) is 0 Å². The zero-order chi connectivity index (χ0) is 17.9. The Morgan fingerprint density at radius 3 is 2.88 bits per heavy atom. The minimum atomic E-state index is -2.58. The van der Waals surface area contributed by atoms with Crippen LogP contribution in [-0.2, 0) is 0 Å². The standard InChI is InChI=1S/C16H12ClF2N7/c17-12-7-20-13-2-1-11(25-26(12)13)9-5-21-14-10(9)6-22-15(24-14)23-8-3-16(18,19)4-8/h1-2,5-8H,3-4H2,(H2,21,22,23,24). The molecular weight excluding hydrogens is 364 g/mol. The fraction of sp³-hybridized carbons (Fsp3) is 0.250. The molecule has 0 atom stereocenters. The van der Waals surface area contributed by atoms with E-state index in [0.717, 1.165) is 10.9 Å². The Kier molecular flexibility index (Phi) is 3.17. The minimum Gasteiger partial charge on any atom is -0.351 e. The molecule has 0 bridgehead atoms. The topological polar surface area (TPSA) is 83.8 Å². The van der Waals surface area contributed by atoms with Gasteiger partial charge in [0.1, 0.15) is 5.65 Å². The van der Waals surface area contributed by atoms with Crippen molar-refractivity contribution in [3.05, 3.63) is 35.9 Å².